The van der Waals surface area contributed by atoms with Crippen molar-refractivity contribution in [1.29, 1.82) is 0 Å². The van der Waals surface area contributed by atoms with E-state index in [1.165, 1.54) is 21.5 Å². The summed E-state index contributed by atoms with van der Waals surface area (Å²) in [5.41, 5.74) is 0.317. The zero-order valence-electron chi connectivity index (χ0n) is 29.0. The van der Waals surface area contributed by atoms with Crippen LogP contribution in [0.25, 0.3) is 44.5 Å². The SMILES string of the molecule is CNc1cc(F)c(F)c2c3c(N4CC[C@@H]5CN(C)C[C@@H]54)c(-c4cnc5c(c4)c(=O)c(C(O)O)cn5C)cn(COP(=O)(O)OC(C)(C)C)c-3nc12. The van der Waals surface area contributed by atoms with Crippen LogP contribution in [0.2, 0.25) is 0 Å². The van der Waals surface area contributed by atoms with E-state index in [9.17, 15) is 24.5 Å². The monoisotopic (exact) mass is 727 g/mol. The first-order valence-electron chi connectivity index (χ1n) is 16.5. The minimum atomic E-state index is -4.64. The summed E-state index contributed by atoms with van der Waals surface area (Å²) in [7, 11) is 0.576. The minimum Gasteiger partial charge on any atom is -0.386 e. The van der Waals surface area contributed by atoms with Crippen molar-refractivity contribution in [2.24, 2.45) is 13.0 Å². The normalized spacial score (nSPS) is 19.6. The van der Waals surface area contributed by atoms with Crippen molar-refractivity contribution in [3.8, 4) is 22.5 Å². The molecule has 6 heterocycles. The number of nitrogens with zero attached hydrogens (tertiary/aromatic N) is 6. The molecule has 0 amide bonds. The van der Waals surface area contributed by atoms with E-state index in [1.54, 1.807) is 47.1 Å². The third-order valence-electron chi connectivity index (χ3n) is 9.60. The zero-order chi connectivity index (χ0) is 36.7. The van der Waals surface area contributed by atoms with E-state index >= 15 is 8.78 Å². The summed E-state index contributed by atoms with van der Waals surface area (Å²) >= 11 is 0. The van der Waals surface area contributed by atoms with Crippen LogP contribution in [0.3, 0.4) is 0 Å². The summed E-state index contributed by atoms with van der Waals surface area (Å²) in [5, 5.41) is 22.8. The molecule has 51 heavy (non-hydrogen) atoms. The number of fused-ring (bicyclic) bond motifs is 5. The van der Waals surface area contributed by atoms with Gasteiger partial charge >= 0.3 is 7.82 Å². The molecule has 3 atom stereocenters. The molecule has 272 valence electrons. The first kappa shape index (κ1) is 35.4. The van der Waals surface area contributed by atoms with Crippen LogP contribution in [-0.2, 0) is 27.4 Å². The van der Waals surface area contributed by atoms with E-state index in [0.717, 1.165) is 19.0 Å². The summed E-state index contributed by atoms with van der Waals surface area (Å²) in [6.07, 6.45) is 3.27. The van der Waals surface area contributed by atoms with Gasteiger partial charge in [-0.15, -0.1) is 0 Å². The summed E-state index contributed by atoms with van der Waals surface area (Å²) in [4.78, 5) is 37.9. The third-order valence-corrected chi connectivity index (χ3v) is 10.8. The fourth-order valence-electron chi connectivity index (χ4n) is 7.56. The average molecular weight is 728 g/mol. The van der Waals surface area contributed by atoms with E-state index in [1.807, 2.05) is 7.05 Å². The quantitative estimate of drug-likeness (QED) is 0.132. The molecule has 3 aromatic rings. The van der Waals surface area contributed by atoms with Gasteiger partial charge < -0.3 is 39.4 Å². The second-order valence-corrected chi connectivity index (χ2v) is 15.7. The summed E-state index contributed by atoms with van der Waals surface area (Å²) in [6.45, 7) is 6.37. The van der Waals surface area contributed by atoms with E-state index in [0.29, 0.717) is 35.8 Å². The number of nitrogens with one attached hydrogen (secondary N) is 1. The van der Waals surface area contributed by atoms with Gasteiger partial charge in [-0.3, -0.25) is 13.8 Å². The Labute approximate surface area is 291 Å². The molecule has 1 unspecified atom stereocenters. The number of halogens is 2. The van der Waals surface area contributed by atoms with Crippen LogP contribution >= 0.6 is 7.82 Å². The molecule has 0 radical (unpaired) electrons. The summed E-state index contributed by atoms with van der Waals surface area (Å²) in [5.74, 6) is -1.76. The molecule has 2 fully saturated rings. The van der Waals surface area contributed by atoms with Gasteiger partial charge in [0.05, 0.1) is 44.4 Å². The van der Waals surface area contributed by atoms with Crippen molar-refractivity contribution in [3.63, 3.8) is 0 Å². The maximum Gasteiger partial charge on any atom is 0.474 e. The van der Waals surface area contributed by atoms with Crippen LogP contribution in [-0.4, -0.2) is 84.5 Å². The van der Waals surface area contributed by atoms with Crippen LogP contribution < -0.4 is 15.6 Å². The van der Waals surface area contributed by atoms with Crippen LogP contribution in [0.5, 0.6) is 0 Å². The molecule has 4 aliphatic rings. The van der Waals surface area contributed by atoms with Gasteiger partial charge in [0, 0.05) is 75.6 Å². The fraction of sp³-hybridized carbons (Fsp3) is 0.441. The maximum atomic E-state index is 16.2. The molecule has 7 rings (SSSR count). The second-order valence-electron chi connectivity index (χ2n) is 14.3. The number of aryl methyl sites for hydroxylation is 1. The van der Waals surface area contributed by atoms with Crippen LogP contribution in [0.15, 0.2) is 35.5 Å². The predicted molar refractivity (Wildman–Crippen MR) is 187 cm³/mol. The lowest BCUT2D eigenvalue weighted by atomic mass is 9.97. The van der Waals surface area contributed by atoms with E-state index in [2.05, 4.69) is 20.1 Å². The zero-order valence-corrected chi connectivity index (χ0v) is 29.9. The van der Waals surface area contributed by atoms with Crippen molar-refractivity contribution in [3.05, 3.63) is 58.1 Å². The molecule has 4 aliphatic heterocycles. The van der Waals surface area contributed by atoms with E-state index in [-0.39, 0.29) is 50.6 Å². The smallest absolute Gasteiger partial charge is 0.386 e. The van der Waals surface area contributed by atoms with Crippen molar-refractivity contribution in [1.82, 2.24) is 24.0 Å². The van der Waals surface area contributed by atoms with E-state index < -0.39 is 43.5 Å². The average Bonchev–Trinajstić information content (AvgIpc) is 3.74. The molecule has 14 nitrogen and oxygen atoms in total. The van der Waals surface area contributed by atoms with Crippen molar-refractivity contribution in [2.45, 2.75) is 51.9 Å². The Kier molecular flexibility index (Phi) is 8.73. The highest BCUT2D eigenvalue weighted by Crippen LogP contribution is 2.52. The molecule has 4 N–H and O–H groups in total. The number of hydrogen-bond donors (Lipinski definition) is 4. The lowest BCUT2D eigenvalue weighted by Crippen LogP contribution is -2.35. The van der Waals surface area contributed by atoms with Crippen LogP contribution in [0.1, 0.15) is 39.0 Å². The minimum absolute atomic E-state index is 0.00431. The first-order valence-corrected chi connectivity index (χ1v) is 18.0. The molecule has 2 aromatic heterocycles. The standard InChI is InChI=1S/C34H40F2N7O7P/c1-34(2,3)50-51(47,48)49-16-42-14-20(18-9-19-30(44)21(33(45)46)13-41(6)31(19)38-11-18)29(43-8-7-17-12-40(5)15-24(17)43)26-25-27(36)22(35)10-23(37-4)28(25)39-32(26)42/h9-11,13-14,17,24,33,37,45-46H,7-8,12,15-16H2,1-6H3,(H,47,48)/t17-,24+/m1/s1. The Balaban J connectivity index is 1.57. The van der Waals surface area contributed by atoms with Crippen molar-refractivity contribution < 1.29 is 37.5 Å². The molecule has 1 aromatic carbocycles. The summed E-state index contributed by atoms with van der Waals surface area (Å²) in [6, 6.07) is 2.59. The Bertz CT molecular complexity index is 2270. The predicted octanol–water partition coefficient (Wildman–Crippen LogP) is 4.39. The highest BCUT2D eigenvalue weighted by Gasteiger charge is 2.43. The van der Waals surface area contributed by atoms with Gasteiger partial charge in [0.25, 0.3) is 0 Å². The highest BCUT2D eigenvalue weighted by atomic mass is 31.2. The molecule has 0 saturated carbocycles. The third kappa shape index (κ3) is 6.18. The van der Waals surface area contributed by atoms with Crippen LogP contribution in [0, 0.1) is 17.6 Å². The number of hydrogen-bond acceptors (Lipinski definition) is 11. The number of likely N-dealkylation sites (N-methyl/N-ethyl adjacent to an activating group) is 1. The number of likely N-dealkylation sites (tertiary alicyclic amines) is 1. The van der Waals surface area contributed by atoms with Crippen molar-refractivity contribution in [2.75, 3.05) is 43.9 Å². The van der Waals surface area contributed by atoms with Gasteiger partial charge in [-0.25, -0.2) is 23.3 Å². The van der Waals surface area contributed by atoms with Gasteiger partial charge in [-0.1, -0.05) is 0 Å². The number of aliphatic hydroxyl groups excluding tert-OH is 1. The van der Waals surface area contributed by atoms with Gasteiger partial charge in [0.2, 0.25) is 0 Å². The number of benzene rings is 1. The second kappa shape index (κ2) is 12.6. The maximum absolute atomic E-state index is 16.2. The number of phosphoric acid groups is 1. The molecular weight excluding hydrogens is 687 g/mol. The number of aromatic nitrogens is 4. The number of phosphoric ester groups is 1. The topological polar surface area (TPSA) is 167 Å². The molecule has 0 spiro atoms. The fourth-order valence-corrected chi connectivity index (χ4v) is 8.57. The van der Waals surface area contributed by atoms with Gasteiger partial charge in [-0.05, 0) is 46.2 Å². The van der Waals surface area contributed by atoms with Gasteiger partial charge in [0.15, 0.2) is 23.4 Å². The summed E-state index contributed by atoms with van der Waals surface area (Å²) < 4.78 is 58.3. The van der Waals surface area contributed by atoms with Gasteiger partial charge in [0.1, 0.15) is 18.2 Å². The largest absolute Gasteiger partial charge is 0.474 e. The van der Waals surface area contributed by atoms with Crippen molar-refractivity contribution >= 4 is 41.1 Å². The Morgan fingerprint density at radius 2 is 1.90 bits per heavy atom. The Morgan fingerprint density at radius 1 is 1.16 bits per heavy atom. The Morgan fingerprint density at radius 3 is 2.59 bits per heavy atom. The number of anilines is 2. The molecule has 0 bridgehead atoms. The Hall–Kier alpha value is -4.02. The molecule has 0 aliphatic carbocycles. The molecular formula is C34H40F2N7O7P. The molecule has 2 saturated heterocycles. The lowest BCUT2D eigenvalue weighted by Gasteiger charge is -2.32. The number of aliphatic hydroxyl groups is 2. The van der Waals surface area contributed by atoms with Crippen LogP contribution in [0.4, 0.5) is 20.2 Å². The highest BCUT2D eigenvalue weighted by molar-refractivity contribution is 7.47. The molecule has 17 heteroatoms. The van der Waals surface area contributed by atoms with Gasteiger partial charge in [-0.2, -0.15) is 0 Å². The van der Waals surface area contributed by atoms with E-state index in [4.69, 9.17) is 14.0 Å². The first-order chi connectivity index (χ1) is 24.0. The number of rotatable bonds is 8. The number of pyridine rings is 3. The lowest BCUT2D eigenvalue weighted by molar-refractivity contribution is -0.0435.